The summed E-state index contributed by atoms with van der Waals surface area (Å²) in [5.41, 5.74) is 1.46. The van der Waals surface area contributed by atoms with Crippen LogP contribution in [0.4, 0.5) is 5.69 Å². The molecule has 1 unspecified atom stereocenters. The van der Waals surface area contributed by atoms with Crippen molar-refractivity contribution in [2.75, 3.05) is 18.5 Å². The SMILES string of the molecule is CC(NC(=O)CNS(=O)(=O)c1ccc2c(c1)C(C)(C)C(=O)N2C)c1ccccc1. The highest BCUT2D eigenvalue weighted by atomic mass is 32.2. The van der Waals surface area contributed by atoms with Gasteiger partial charge in [-0.15, -0.1) is 0 Å². The smallest absolute Gasteiger partial charge is 0.241 e. The van der Waals surface area contributed by atoms with E-state index in [-0.39, 0.29) is 23.4 Å². The standard InChI is InChI=1S/C21H25N3O4S/c1-14(15-8-6-5-7-9-15)23-19(25)13-22-29(27,28)16-10-11-18-17(12-16)21(2,3)20(26)24(18)4/h5-12,14,22H,13H2,1-4H3,(H,23,25). The van der Waals surface area contributed by atoms with Crippen molar-refractivity contribution in [3.05, 3.63) is 59.7 Å². The Balaban J connectivity index is 1.70. The Morgan fingerprint density at radius 3 is 2.45 bits per heavy atom. The van der Waals surface area contributed by atoms with Crippen LogP contribution in [-0.2, 0) is 25.0 Å². The molecular formula is C21H25N3O4S. The first-order valence-corrected chi connectivity index (χ1v) is 10.8. The maximum atomic E-state index is 12.7. The molecule has 0 aliphatic carbocycles. The lowest BCUT2D eigenvalue weighted by atomic mass is 9.86. The summed E-state index contributed by atoms with van der Waals surface area (Å²) in [6.45, 7) is 4.98. The van der Waals surface area contributed by atoms with Gasteiger partial charge in [0.15, 0.2) is 0 Å². The molecule has 7 nitrogen and oxygen atoms in total. The molecule has 0 bridgehead atoms. The van der Waals surface area contributed by atoms with E-state index in [4.69, 9.17) is 0 Å². The largest absolute Gasteiger partial charge is 0.348 e. The van der Waals surface area contributed by atoms with E-state index in [1.54, 1.807) is 27.0 Å². The minimum atomic E-state index is -3.90. The van der Waals surface area contributed by atoms with Gasteiger partial charge in [-0.1, -0.05) is 30.3 Å². The molecule has 1 aliphatic rings. The first kappa shape index (κ1) is 21.0. The lowest BCUT2D eigenvalue weighted by Crippen LogP contribution is -2.38. The fourth-order valence-corrected chi connectivity index (χ4v) is 4.49. The molecule has 0 radical (unpaired) electrons. The van der Waals surface area contributed by atoms with Gasteiger partial charge in [-0.2, -0.15) is 0 Å². The number of anilines is 1. The zero-order valence-corrected chi connectivity index (χ0v) is 17.7. The molecular weight excluding hydrogens is 390 g/mol. The fraction of sp³-hybridized carbons (Fsp3) is 0.333. The van der Waals surface area contributed by atoms with Crippen molar-refractivity contribution in [2.24, 2.45) is 0 Å². The zero-order valence-electron chi connectivity index (χ0n) is 16.9. The Bertz CT molecular complexity index is 1050. The summed E-state index contributed by atoms with van der Waals surface area (Å²) >= 11 is 0. The molecule has 2 N–H and O–H groups in total. The number of hydrogen-bond acceptors (Lipinski definition) is 4. The topological polar surface area (TPSA) is 95.6 Å². The number of nitrogens with zero attached hydrogens (tertiary/aromatic N) is 1. The van der Waals surface area contributed by atoms with Crippen molar-refractivity contribution in [1.29, 1.82) is 0 Å². The van der Waals surface area contributed by atoms with E-state index in [0.717, 1.165) is 5.56 Å². The lowest BCUT2D eigenvalue weighted by Gasteiger charge is -2.17. The Morgan fingerprint density at radius 1 is 1.14 bits per heavy atom. The van der Waals surface area contributed by atoms with Crippen LogP contribution in [0.3, 0.4) is 0 Å². The molecule has 2 amide bonds. The molecule has 1 atom stereocenters. The molecule has 0 fully saturated rings. The maximum Gasteiger partial charge on any atom is 0.241 e. The van der Waals surface area contributed by atoms with Crippen molar-refractivity contribution in [2.45, 2.75) is 37.1 Å². The van der Waals surface area contributed by atoms with Crippen LogP contribution >= 0.6 is 0 Å². The molecule has 0 spiro atoms. The first-order valence-electron chi connectivity index (χ1n) is 9.30. The Kier molecular flexibility index (Phi) is 5.51. The number of nitrogens with one attached hydrogen (secondary N) is 2. The number of rotatable bonds is 6. The molecule has 29 heavy (non-hydrogen) atoms. The van der Waals surface area contributed by atoms with Gasteiger partial charge in [-0.3, -0.25) is 9.59 Å². The van der Waals surface area contributed by atoms with Crippen molar-refractivity contribution in [3.8, 4) is 0 Å². The summed E-state index contributed by atoms with van der Waals surface area (Å²) in [7, 11) is -2.24. The van der Waals surface area contributed by atoms with Crippen LogP contribution in [-0.4, -0.2) is 33.8 Å². The van der Waals surface area contributed by atoms with Gasteiger partial charge in [0.2, 0.25) is 21.8 Å². The average Bonchev–Trinajstić information content (AvgIpc) is 2.87. The first-order chi connectivity index (χ1) is 13.5. The Morgan fingerprint density at radius 2 is 1.79 bits per heavy atom. The van der Waals surface area contributed by atoms with Gasteiger partial charge in [0.05, 0.1) is 22.9 Å². The van der Waals surface area contributed by atoms with E-state index in [1.165, 1.54) is 17.0 Å². The predicted octanol–water partition coefficient (Wildman–Crippen LogP) is 2.10. The normalized spacial score (nSPS) is 16.4. The van der Waals surface area contributed by atoms with Crippen LogP contribution in [0.5, 0.6) is 0 Å². The van der Waals surface area contributed by atoms with E-state index >= 15 is 0 Å². The molecule has 8 heteroatoms. The van der Waals surface area contributed by atoms with Crippen LogP contribution < -0.4 is 14.9 Å². The number of benzene rings is 2. The van der Waals surface area contributed by atoms with Gasteiger partial charge in [-0.25, -0.2) is 13.1 Å². The molecule has 0 aromatic heterocycles. The summed E-state index contributed by atoms with van der Waals surface area (Å²) in [5.74, 6) is -0.523. The van der Waals surface area contributed by atoms with Crippen LogP contribution in [0.25, 0.3) is 0 Å². The maximum absolute atomic E-state index is 12.7. The van der Waals surface area contributed by atoms with E-state index in [1.807, 2.05) is 37.3 Å². The number of carbonyl (C=O) groups is 2. The molecule has 1 aliphatic heterocycles. The van der Waals surface area contributed by atoms with Crippen molar-refractivity contribution < 1.29 is 18.0 Å². The van der Waals surface area contributed by atoms with Crippen molar-refractivity contribution >= 4 is 27.5 Å². The summed E-state index contributed by atoms with van der Waals surface area (Å²) in [5, 5.41) is 2.77. The lowest BCUT2D eigenvalue weighted by molar-refractivity contribution is -0.122. The molecule has 0 saturated heterocycles. The highest BCUT2D eigenvalue weighted by Crippen LogP contribution is 2.41. The molecule has 2 aromatic rings. The quantitative estimate of drug-likeness (QED) is 0.755. The van der Waals surface area contributed by atoms with E-state index < -0.39 is 21.3 Å². The third-order valence-corrected chi connectivity index (χ3v) is 6.65. The van der Waals surface area contributed by atoms with Gasteiger partial charge in [0, 0.05) is 12.7 Å². The number of sulfonamides is 1. The highest BCUT2D eigenvalue weighted by molar-refractivity contribution is 7.89. The Labute approximate surface area is 171 Å². The average molecular weight is 416 g/mol. The second-order valence-corrected chi connectivity index (χ2v) is 9.46. The van der Waals surface area contributed by atoms with Gasteiger partial charge < -0.3 is 10.2 Å². The third kappa shape index (κ3) is 4.04. The fourth-order valence-electron chi connectivity index (χ4n) is 3.48. The van der Waals surface area contributed by atoms with Crippen molar-refractivity contribution in [3.63, 3.8) is 0 Å². The van der Waals surface area contributed by atoms with Crippen LogP contribution in [0.15, 0.2) is 53.4 Å². The molecule has 3 rings (SSSR count). The molecule has 2 aromatic carbocycles. The number of likely N-dealkylation sites (N-methyl/N-ethyl adjacent to an activating group) is 1. The number of fused-ring (bicyclic) bond motifs is 1. The van der Waals surface area contributed by atoms with E-state index in [2.05, 4.69) is 10.0 Å². The minimum absolute atomic E-state index is 0.0244. The second-order valence-electron chi connectivity index (χ2n) is 7.69. The zero-order chi connectivity index (χ0) is 21.4. The second kappa shape index (κ2) is 7.61. The number of carbonyl (C=O) groups excluding carboxylic acids is 2. The third-order valence-electron chi connectivity index (χ3n) is 5.25. The van der Waals surface area contributed by atoms with Gasteiger partial charge in [0.1, 0.15) is 0 Å². The van der Waals surface area contributed by atoms with Gasteiger partial charge in [0.25, 0.3) is 0 Å². The van der Waals surface area contributed by atoms with Crippen LogP contribution in [0, 0.1) is 0 Å². The number of hydrogen-bond donors (Lipinski definition) is 2. The predicted molar refractivity (Wildman–Crippen MR) is 111 cm³/mol. The molecule has 154 valence electrons. The summed E-state index contributed by atoms with van der Waals surface area (Å²) < 4.78 is 27.7. The van der Waals surface area contributed by atoms with Crippen LogP contribution in [0.1, 0.15) is 37.9 Å². The summed E-state index contributed by atoms with van der Waals surface area (Å²) in [6.07, 6.45) is 0. The minimum Gasteiger partial charge on any atom is -0.348 e. The monoisotopic (exact) mass is 415 g/mol. The van der Waals surface area contributed by atoms with E-state index in [0.29, 0.717) is 11.3 Å². The Hall–Kier alpha value is -2.71. The van der Waals surface area contributed by atoms with Gasteiger partial charge in [-0.05, 0) is 50.1 Å². The highest BCUT2D eigenvalue weighted by Gasteiger charge is 2.42. The number of amides is 2. The summed E-state index contributed by atoms with van der Waals surface area (Å²) in [6, 6.07) is 13.7. The summed E-state index contributed by atoms with van der Waals surface area (Å²) in [4.78, 5) is 26.1. The molecule has 1 heterocycles. The van der Waals surface area contributed by atoms with Crippen molar-refractivity contribution in [1.82, 2.24) is 10.0 Å². The van der Waals surface area contributed by atoms with E-state index in [9.17, 15) is 18.0 Å². The van der Waals surface area contributed by atoms with Crippen LogP contribution in [0.2, 0.25) is 0 Å². The molecule has 0 saturated carbocycles. The van der Waals surface area contributed by atoms with Gasteiger partial charge >= 0.3 is 0 Å².